The number of nitrogens with one attached hydrogen (secondary N) is 1. The molecular formula is C26H36N2O4S. The van der Waals surface area contributed by atoms with Gasteiger partial charge in [-0.1, -0.05) is 44.2 Å². The summed E-state index contributed by atoms with van der Waals surface area (Å²) in [6, 6.07) is 10.7. The minimum Gasteiger partial charge on any atom is -0.495 e. The molecule has 1 aliphatic rings. The Balaban J connectivity index is 1.96. The van der Waals surface area contributed by atoms with Crippen LogP contribution in [0.1, 0.15) is 61.6 Å². The van der Waals surface area contributed by atoms with Crippen LogP contribution in [0.3, 0.4) is 0 Å². The molecule has 3 rings (SSSR count). The number of aryl methyl sites for hydroxylation is 3. The molecule has 1 fully saturated rings. The monoisotopic (exact) mass is 472 g/mol. The molecule has 1 amide bonds. The Kier molecular flexibility index (Phi) is 8.40. The van der Waals surface area contributed by atoms with Crippen molar-refractivity contribution in [2.24, 2.45) is 0 Å². The largest absolute Gasteiger partial charge is 0.495 e. The molecule has 0 aromatic heterocycles. The van der Waals surface area contributed by atoms with Crippen molar-refractivity contribution in [3.63, 3.8) is 0 Å². The maximum Gasteiger partial charge on any atom is 0.268 e. The number of rotatable bonds is 7. The number of hydrogen-bond acceptors (Lipinski definition) is 4. The first-order chi connectivity index (χ1) is 15.7. The van der Waals surface area contributed by atoms with Crippen molar-refractivity contribution in [3.8, 4) is 5.75 Å². The molecule has 1 saturated carbocycles. The Morgan fingerprint density at radius 2 is 1.55 bits per heavy atom. The molecule has 180 valence electrons. The van der Waals surface area contributed by atoms with Crippen molar-refractivity contribution in [3.05, 3.63) is 53.1 Å². The number of carbonyl (C=O) groups is 1. The van der Waals surface area contributed by atoms with E-state index in [4.69, 9.17) is 4.74 Å². The summed E-state index contributed by atoms with van der Waals surface area (Å²) in [5.41, 5.74) is 3.14. The predicted octanol–water partition coefficient (Wildman–Crippen LogP) is 5.04. The van der Waals surface area contributed by atoms with Crippen LogP contribution >= 0.6 is 0 Å². The van der Waals surface area contributed by atoms with Gasteiger partial charge in [0.05, 0.1) is 12.8 Å². The lowest BCUT2D eigenvalue weighted by atomic mass is 9.97. The third-order valence-corrected chi connectivity index (χ3v) is 7.93. The molecule has 0 aliphatic heterocycles. The fourth-order valence-electron chi connectivity index (χ4n) is 4.52. The number of methoxy groups -OCH3 is 1. The Morgan fingerprint density at radius 3 is 2.15 bits per heavy atom. The number of nitrogens with zero attached hydrogens (tertiary/aromatic N) is 1. The van der Waals surface area contributed by atoms with Crippen LogP contribution in [0.5, 0.6) is 5.75 Å². The molecule has 1 aliphatic carbocycles. The van der Waals surface area contributed by atoms with E-state index < -0.39 is 10.0 Å². The van der Waals surface area contributed by atoms with Gasteiger partial charge in [0.2, 0.25) is 5.91 Å². The van der Waals surface area contributed by atoms with Crippen molar-refractivity contribution in [1.29, 1.82) is 0 Å². The van der Waals surface area contributed by atoms with Crippen LogP contribution in [0.15, 0.2) is 41.3 Å². The molecular weight excluding hydrogens is 436 g/mol. The topological polar surface area (TPSA) is 75.7 Å². The summed E-state index contributed by atoms with van der Waals surface area (Å²) in [6.45, 7) is 5.39. The van der Waals surface area contributed by atoms with E-state index in [0.717, 1.165) is 42.4 Å². The van der Waals surface area contributed by atoms with Gasteiger partial charge in [0.25, 0.3) is 10.0 Å². The van der Waals surface area contributed by atoms with E-state index in [-0.39, 0.29) is 29.1 Å². The van der Waals surface area contributed by atoms with Crippen LogP contribution in [-0.4, -0.2) is 34.0 Å². The van der Waals surface area contributed by atoms with E-state index in [1.807, 2.05) is 26.8 Å². The van der Waals surface area contributed by atoms with Crippen LogP contribution in [0.25, 0.3) is 0 Å². The van der Waals surface area contributed by atoms with Gasteiger partial charge in [0, 0.05) is 6.04 Å². The van der Waals surface area contributed by atoms with Gasteiger partial charge >= 0.3 is 0 Å². The average Bonchev–Trinajstić information content (AvgIpc) is 2.73. The second kappa shape index (κ2) is 11.1. The van der Waals surface area contributed by atoms with Gasteiger partial charge in [0.15, 0.2) is 0 Å². The molecule has 2 aromatic rings. The fourth-order valence-corrected chi connectivity index (χ4v) is 6.17. The third-order valence-electron chi connectivity index (χ3n) is 6.14. The molecule has 0 unspecified atom stereocenters. The number of hydrogen-bond donors (Lipinski definition) is 1. The average molecular weight is 473 g/mol. The van der Waals surface area contributed by atoms with Crippen molar-refractivity contribution in [2.45, 2.75) is 76.7 Å². The zero-order valence-corrected chi connectivity index (χ0v) is 21.0. The Hall–Kier alpha value is -2.54. The number of amides is 1. The number of carbonyl (C=O) groups excluding carboxylic acids is 1. The number of anilines is 1. The highest BCUT2D eigenvalue weighted by Crippen LogP contribution is 2.31. The summed E-state index contributed by atoms with van der Waals surface area (Å²) in [5.74, 6) is -0.0228. The third kappa shape index (κ3) is 6.50. The molecule has 0 spiro atoms. The maximum atomic E-state index is 13.9. The van der Waals surface area contributed by atoms with E-state index in [2.05, 4.69) is 5.32 Å². The maximum absolute atomic E-state index is 13.9. The summed E-state index contributed by atoms with van der Waals surface area (Å²) in [6.07, 6.45) is 7.67. The highest BCUT2D eigenvalue weighted by atomic mass is 32.2. The lowest BCUT2D eigenvalue weighted by molar-refractivity contribution is -0.120. The standard InChI is InChI=1S/C26H36N2O4S/c1-19-12-13-24(32-4)25(17-19)33(30,31)28(23-15-20(2)14-21(3)16-23)18-26(29)27-22-10-8-6-5-7-9-11-22/h12-17,22H,5-11,18H2,1-4H3,(H,27,29). The summed E-state index contributed by atoms with van der Waals surface area (Å²) in [5, 5.41) is 3.10. The second-order valence-electron chi connectivity index (χ2n) is 9.12. The van der Waals surface area contributed by atoms with Crippen LogP contribution in [0.2, 0.25) is 0 Å². The minimum absolute atomic E-state index is 0.0583. The Labute approximate surface area is 198 Å². The van der Waals surface area contributed by atoms with Crippen molar-refractivity contribution >= 4 is 21.6 Å². The molecule has 6 nitrogen and oxygen atoms in total. The summed E-state index contributed by atoms with van der Waals surface area (Å²) >= 11 is 0. The van der Waals surface area contributed by atoms with Crippen LogP contribution in [-0.2, 0) is 14.8 Å². The van der Waals surface area contributed by atoms with E-state index in [1.54, 1.807) is 30.3 Å². The number of benzene rings is 2. The fraction of sp³-hybridized carbons (Fsp3) is 0.500. The quantitative estimate of drug-likeness (QED) is 0.612. The summed E-state index contributed by atoms with van der Waals surface area (Å²) in [4.78, 5) is 13.2. The van der Waals surface area contributed by atoms with Crippen LogP contribution < -0.4 is 14.4 Å². The van der Waals surface area contributed by atoms with Crippen LogP contribution in [0, 0.1) is 20.8 Å². The van der Waals surface area contributed by atoms with Gasteiger partial charge in [-0.05, 0) is 74.6 Å². The minimum atomic E-state index is -4.05. The van der Waals surface area contributed by atoms with Gasteiger partial charge in [-0.2, -0.15) is 0 Å². The molecule has 1 N–H and O–H groups in total. The predicted molar refractivity (Wildman–Crippen MR) is 132 cm³/mol. The smallest absolute Gasteiger partial charge is 0.268 e. The number of sulfonamides is 1. The van der Waals surface area contributed by atoms with E-state index >= 15 is 0 Å². The lowest BCUT2D eigenvalue weighted by Crippen LogP contribution is -2.44. The first kappa shape index (κ1) is 25.1. The van der Waals surface area contributed by atoms with Gasteiger partial charge in [-0.3, -0.25) is 9.10 Å². The van der Waals surface area contributed by atoms with Gasteiger partial charge in [0.1, 0.15) is 17.2 Å². The van der Waals surface area contributed by atoms with E-state index in [1.165, 1.54) is 30.7 Å². The number of ether oxygens (including phenoxy) is 1. The Bertz CT molecular complexity index is 1050. The Morgan fingerprint density at radius 1 is 0.939 bits per heavy atom. The SMILES string of the molecule is COc1ccc(C)cc1S(=O)(=O)N(CC(=O)NC1CCCCCCC1)c1cc(C)cc(C)c1. The molecule has 2 aromatic carbocycles. The van der Waals surface area contributed by atoms with Gasteiger partial charge < -0.3 is 10.1 Å². The lowest BCUT2D eigenvalue weighted by Gasteiger charge is -2.27. The molecule has 33 heavy (non-hydrogen) atoms. The molecule has 7 heteroatoms. The molecule has 0 saturated heterocycles. The molecule has 0 heterocycles. The van der Waals surface area contributed by atoms with Crippen molar-refractivity contribution < 1.29 is 17.9 Å². The molecule has 0 radical (unpaired) electrons. The zero-order chi connectivity index (χ0) is 24.0. The highest BCUT2D eigenvalue weighted by Gasteiger charge is 2.31. The van der Waals surface area contributed by atoms with Crippen molar-refractivity contribution in [1.82, 2.24) is 5.32 Å². The van der Waals surface area contributed by atoms with Gasteiger partial charge in [-0.15, -0.1) is 0 Å². The normalized spacial score (nSPS) is 15.4. The van der Waals surface area contributed by atoms with E-state index in [0.29, 0.717) is 5.69 Å². The molecule has 0 atom stereocenters. The molecule has 0 bridgehead atoms. The first-order valence-electron chi connectivity index (χ1n) is 11.8. The first-order valence-corrected chi connectivity index (χ1v) is 13.2. The van der Waals surface area contributed by atoms with E-state index in [9.17, 15) is 13.2 Å². The highest BCUT2D eigenvalue weighted by molar-refractivity contribution is 7.93. The summed E-state index contributed by atoms with van der Waals surface area (Å²) in [7, 11) is -2.60. The van der Waals surface area contributed by atoms with Gasteiger partial charge in [-0.25, -0.2) is 8.42 Å². The van der Waals surface area contributed by atoms with Crippen LogP contribution in [0.4, 0.5) is 5.69 Å². The summed E-state index contributed by atoms with van der Waals surface area (Å²) < 4.78 is 34.3. The second-order valence-corrected chi connectivity index (χ2v) is 11.0. The van der Waals surface area contributed by atoms with Crippen molar-refractivity contribution in [2.75, 3.05) is 18.0 Å². The zero-order valence-electron chi connectivity index (χ0n) is 20.2.